The molecule has 1 saturated carbocycles. The first-order chi connectivity index (χ1) is 9.53. The van der Waals surface area contributed by atoms with E-state index in [1.165, 1.54) is 5.56 Å². The zero-order valence-electron chi connectivity index (χ0n) is 12.8. The molecule has 0 heterocycles. The van der Waals surface area contributed by atoms with Crippen LogP contribution in [-0.2, 0) is 11.3 Å². The molecule has 110 valence electrons. The van der Waals surface area contributed by atoms with E-state index in [-0.39, 0.29) is 17.2 Å². The van der Waals surface area contributed by atoms with E-state index in [1.807, 2.05) is 12.1 Å². The molecule has 1 aliphatic rings. The van der Waals surface area contributed by atoms with Crippen molar-refractivity contribution < 1.29 is 4.79 Å². The van der Waals surface area contributed by atoms with Gasteiger partial charge in [0.1, 0.15) is 0 Å². The van der Waals surface area contributed by atoms with Gasteiger partial charge in [0, 0.05) is 18.2 Å². The predicted octanol–water partition coefficient (Wildman–Crippen LogP) is 3.56. The Balaban J connectivity index is 2.00. The first-order valence-corrected chi connectivity index (χ1v) is 7.63. The van der Waals surface area contributed by atoms with Crippen LogP contribution in [0.5, 0.6) is 0 Å². The highest BCUT2D eigenvalue weighted by Gasteiger charge is 2.39. The molecule has 0 saturated heterocycles. The Labute approximate surface area is 122 Å². The fraction of sp³-hybridized carbons (Fsp3) is 0.588. The SMILES string of the molecule is CCNCc1cccc(NC(=O)C2CCCC2(C)C)c1. The van der Waals surface area contributed by atoms with E-state index < -0.39 is 0 Å². The second-order valence-corrected chi connectivity index (χ2v) is 6.40. The summed E-state index contributed by atoms with van der Waals surface area (Å²) in [7, 11) is 0. The third-order valence-corrected chi connectivity index (χ3v) is 4.35. The molecule has 1 atom stereocenters. The van der Waals surface area contributed by atoms with Gasteiger partial charge < -0.3 is 10.6 Å². The summed E-state index contributed by atoms with van der Waals surface area (Å²) in [4.78, 5) is 12.4. The number of hydrogen-bond donors (Lipinski definition) is 2. The smallest absolute Gasteiger partial charge is 0.228 e. The van der Waals surface area contributed by atoms with Gasteiger partial charge in [-0.3, -0.25) is 4.79 Å². The van der Waals surface area contributed by atoms with E-state index >= 15 is 0 Å². The normalized spacial score (nSPS) is 20.9. The molecule has 3 nitrogen and oxygen atoms in total. The molecule has 3 heteroatoms. The largest absolute Gasteiger partial charge is 0.326 e. The molecule has 1 fully saturated rings. The number of hydrogen-bond acceptors (Lipinski definition) is 2. The molecule has 0 spiro atoms. The number of rotatable bonds is 5. The van der Waals surface area contributed by atoms with Gasteiger partial charge in [-0.05, 0) is 42.5 Å². The van der Waals surface area contributed by atoms with Gasteiger partial charge in [0.15, 0.2) is 0 Å². The number of carbonyl (C=O) groups excluding carboxylic acids is 1. The second kappa shape index (κ2) is 6.40. The molecule has 2 N–H and O–H groups in total. The highest BCUT2D eigenvalue weighted by atomic mass is 16.1. The van der Waals surface area contributed by atoms with Crippen molar-refractivity contribution >= 4 is 11.6 Å². The van der Waals surface area contributed by atoms with Crippen LogP contribution in [0.1, 0.15) is 45.6 Å². The quantitative estimate of drug-likeness (QED) is 0.862. The van der Waals surface area contributed by atoms with Crippen LogP contribution in [0.4, 0.5) is 5.69 Å². The second-order valence-electron chi connectivity index (χ2n) is 6.40. The maximum atomic E-state index is 12.4. The van der Waals surface area contributed by atoms with E-state index in [9.17, 15) is 4.79 Å². The van der Waals surface area contributed by atoms with Crippen LogP contribution in [0.3, 0.4) is 0 Å². The van der Waals surface area contributed by atoms with Gasteiger partial charge in [0.2, 0.25) is 5.91 Å². The number of carbonyl (C=O) groups is 1. The first-order valence-electron chi connectivity index (χ1n) is 7.63. The molecular weight excluding hydrogens is 248 g/mol. The Morgan fingerprint density at radius 2 is 2.20 bits per heavy atom. The molecule has 1 unspecified atom stereocenters. The predicted molar refractivity (Wildman–Crippen MR) is 83.6 cm³/mol. The van der Waals surface area contributed by atoms with Crippen molar-refractivity contribution in [3.05, 3.63) is 29.8 Å². The van der Waals surface area contributed by atoms with E-state index in [0.717, 1.165) is 38.0 Å². The lowest BCUT2D eigenvalue weighted by molar-refractivity contribution is -0.122. The molecule has 0 aliphatic heterocycles. The molecule has 1 aromatic carbocycles. The summed E-state index contributed by atoms with van der Waals surface area (Å²) in [6.07, 6.45) is 3.31. The maximum absolute atomic E-state index is 12.4. The summed E-state index contributed by atoms with van der Waals surface area (Å²) in [5.74, 6) is 0.313. The number of anilines is 1. The minimum atomic E-state index is 0.130. The van der Waals surface area contributed by atoms with E-state index in [1.54, 1.807) is 0 Å². The van der Waals surface area contributed by atoms with Gasteiger partial charge in [-0.2, -0.15) is 0 Å². The van der Waals surface area contributed by atoms with Crippen molar-refractivity contribution in [2.75, 3.05) is 11.9 Å². The third-order valence-electron chi connectivity index (χ3n) is 4.35. The standard InChI is InChI=1S/C17H26N2O/c1-4-18-12-13-7-5-8-14(11-13)19-16(20)15-9-6-10-17(15,2)3/h5,7-8,11,15,18H,4,6,9-10,12H2,1-3H3,(H,19,20). The van der Waals surface area contributed by atoms with Gasteiger partial charge in [-0.15, -0.1) is 0 Å². The molecular formula is C17H26N2O. The van der Waals surface area contributed by atoms with Crippen molar-refractivity contribution in [2.45, 2.75) is 46.6 Å². The number of amides is 1. The summed E-state index contributed by atoms with van der Waals surface area (Å²) >= 11 is 0. The average Bonchev–Trinajstić information content (AvgIpc) is 2.76. The first kappa shape index (κ1) is 15.0. The van der Waals surface area contributed by atoms with E-state index in [4.69, 9.17) is 0 Å². The average molecular weight is 274 g/mol. The zero-order valence-corrected chi connectivity index (χ0v) is 12.8. The number of nitrogens with one attached hydrogen (secondary N) is 2. The summed E-state index contributed by atoms with van der Waals surface area (Å²) in [5.41, 5.74) is 2.24. The van der Waals surface area contributed by atoms with Crippen LogP contribution in [0, 0.1) is 11.3 Å². The van der Waals surface area contributed by atoms with Crippen molar-refractivity contribution in [1.82, 2.24) is 5.32 Å². The molecule has 0 aromatic heterocycles. The number of benzene rings is 1. The van der Waals surface area contributed by atoms with Crippen LogP contribution in [0.15, 0.2) is 24.3 Å². The van der Waals surface area contributed by atoms with Crippen LogP contribution in [0.2, 0.25) is 0 Å². The Hall–Kier alpha value is -1.35. The van der Waals surface area contributed by atoms with Crippen LogP contribution in [-0.4, -0.2) is 12.5 Å². The monoisotopic (exact) mass is 274 g/mol. The fourth-order valence-corrected chi connectivity index (χ4v) is 3.07. The van der Waals surface area contributed by atoms with Crippen LogP contribution in [0.25, 0.3) is 0 Å². The maximum Gasteiger partial charge on any atom is 0.228 e. The summed E-state index contributed by atoms with van der Waals surface area (Å²) in [6.45, 7) is 8.29. The Morgan fingerprint density at radius 3 is 2.85 bits per heavy atom. The summed E-state index contributed by atoms with van der Waals surface area (Å²) in [5, 5.41) is 6.39. The van der Waals surface area contributed by atoms with E-state index in [2.05, 4.69) is 43.5 Å². The van der Waals surface area contributed by atoms with Crippen LogP contribution >= 0.6 is 0 Å². The van der Waals surface area contributed by atoms with Crippen LogP contribution < -0.4 is 10.6 Å². The molecule has 1 amide bonds. The van der Waals surface area contributed by atoms with Crippen molar-refractivity contribution in [1.29, 1.82) is 0 Å². The molecule has 0 radical (unpaired) electrons. The van der Waals surface area contributed by atoms with Crippen molar-refractivity contribution in [2.24, 2.45) is 11.3 Å². The van der Waals surface area contributed by atoms with Gasteiger partial charge in [-0.1, -0.05) is 39.3 Å². The lowest BCUT2D eigenvalue weighted by atomic mass is 9.81. The molecule has 2 rings (SSSR count). The molecule has 1 aromatic rings. The molecule has 0 bridgehead atoms. The fourth-order valence-electron chi connectivity index (χ4n) is 3.07. The highest BCUT2D eigenvalue weighted by Crippen LogP contribution is 2.43. The van der Waals surface area contributed by atoms with Crippen molar-refractivity contribution in [3.8, 4) is 0 Å². The lowest BCUT2D eigenvalue weighted by Crippen LogP contribution is -2.30. The Morgan fingerprint density at radius 1 is 1.40 bits per heavy atom. The van der Waals surface area contributed by atoms with Gasteiger partial charge in [0.25, 0.3) is 0 Å². The Kier molecular flexibility index (Phi) is 4.81. The van der Waals surface area contributed by atoms with Gasteiger partial charge in [-0.25, -0.2) is 0 Å². The Bertz CT molecular complexity index is 468. The topological polar surface area (TPSA) is 41.1 Å². The molecule has 1 aliphatic carbocycles. The minimum Gasteiger partial charge on any atom is -0.326 e. The molecule has 20 heavy (non-hydrogen) atoms. The summed E-state index contributed by atoms with van der Waals surface area (Å²) in [6, 6.07) is 8.11. The lowest BCUT2D eigenvalue weighted by Gasteiger charge is -2.25. The summed E-state index contributed by atoms with van der Waals surface area (Å²) < 4.78 is 0. The zero-order chi connectivity index (χ0) is 14.6. The third kappa shape index (κ3) is 3.60. The van der Waals surface area contributed by atoms with Gasteiger partial charge >= 0.3 is 0 Å². The van der Waals surface area contributed by atoms with Gasteiger partial charge in [0.05, 0.1) is 0 Å². The minimum absolute atomic E-state index is 0.130. The van der Waals surface area contributed by atoms with Crippen molar-refractivity contribution in [3.63, 3.8) is 0 Å². The van der Waals surface area contributed by atoms with E-state index in [0.29, 0.717) is 0 Å². The highest BCUT2D eigenvalue weighted by molar-refractivity contribution is 5.93.